The summed E-state index contributed by atoms with van der Waals surface area (Å²) in [5.74, 6) is -0.861. The van der Waals surface area contributed by atoms with Gasteiger partial charge in [0.25, 0.3) is 5.56 Å². The Hall–Kier alpha value is -3.59. The number of nitrogens with zero attached hydrogens (tertiary/aromatic N) is 2. The molecule has 4 aromatic rings. The number of carbonyl (C=O) groups excluding carboxylic acids is 2. The molecular weight excluding hydrogens is 440 g/mol. The molecular formula is C24H24N4O4S. The molecule has 0 unspecified atom stereocenters. The summed E-state index contributed by atoms with van der Waals surface area (Å²) in [5.41, 5.74) is 4.25. The molecule has 0 bridgehead atoms. The van der Waals surface area contributed by atoms with Gasteiger partial charge >= 0.3 is 5.97 Å². The fraction of sp³-hybridized carbons (Fsp3) is 0.250. The Morgan fingerprint density at radius 2 is 1.94 bits per heavy atom. The van der Waals surface area contributed by atoms with Gasteiger partial charge in [-0.1, -0.05) is 42.1 Å². The van der Waals surface area contributed by atoms with E-state index in [1.165, 1.54) is 0 Å². The molecule has 4 rings (SSSR count). The van der Waals surface area contributed by atoms with Crippen molar-refractivity contribution < 1.29 is 14.3 Å². The molecule has 0 atom stereocenters. The molecule has 33 heavy (non-hydrogen) atoms. The van der Waals surface area contributed by atoms with Crippen molar-refractivity contribution in [3.8, 4) is 5.69 Å². The summed E-state index contributed by atoms with van der Waals surface area (Å²) >= 11 is 1.14. The number of hydrogen-bond donors (Lipinski definition) is 2. The van der Waals surface area contributed by atoms with Gasteiger partial charge in [-0.05, 0) is 44.0 Å². The molecule has 2 heterocycles. The van der Waals surface area contributed by atoms with Crippen LogP contribution in [0, 0.1) is 13.8 Å². The Morgan fingerprint density at radius 1 is 1.15 bits per heavy atom. The highest BCUT2D eigenvalue weighted by Crippen LogP contribution is 2.27. The van der Waals surface area contributed by atoms with Crippen molar-refractivity contribution in [2.45, 2.75) is 25.9 Å². The van der Waals surface area contributed by atoms with Crippen LogP contribution in [0.3, 0.4) is 0 Å². The number of thioether (sulfide) groups is 1. The van der Waals surface area contributed by atoms with Crippen LogP contribution in [0.15, 0.2) is 52.4 Å². The number of carbonyl (C=O) groups is 2. The Bertz CT molecular complexity index is 1420. The van der Waals surface area contributed by atoms with Crippen molar-refractivity contribution in [2.24, 2.45) is 0 Å². The van der Waals surface area contributed by atoms with Crippen LogP contribution >= 0.6 is 11.8 Å². The number of aromatic nitrogens is 3. The maximum absolute atomic E-state index is 13.6. The highest BCUT2D eigenvalue weighted by molar-refractivity contribution is 7.99. The highest BCUT2D eigenvalue weighted by Gasteiger charge is 2.19. The van der Waals surface area contributed by atoms with E-state index < -0.39 is 5.97 Å². The van der Waals surface area contributed by atoms with Gasteiger partial charge in [0.15, 0.2) is 5.16 Å². The lowest BCUT2D eigenvalue weighted by Crippen LogP contribution is -2.32. The summed E-state index contributed by atoms with van der Waals surface area (Å²) in [6.07, 6.45) is 0. The first-order valence-electron chi connectivity index (χ1n) is 10.6. The van der Waals surface area contributed by atoms with Crippen molar-refractivity contribution in [3.63, 3.8) is 0 Å². The van der Waals surface area contributed by atoms with E-state index in [-0.39, 0.29) is 30.4 Å². The summed E-state index contributed by atoms with van der Waals surface area (Å²) in [6, 6.07) is 13.3. The monoisotopic (exact) mass is 464 g/mol. The first-order chi connectivity index (χ1) is 15.9. The largest absolute Gasteiger partial charge is 0.465 e. The molecule has 1 amide bonds. The number of aromatic amines is 1. The first kappa shape index (κ1) is 22.6. The third-order valence-electron chi connectivity index (χ3n) is 5.38. The second-order valence-electron chi connectivity index (χ2n) is 7.52. The minimum Gasteiger partial charge on any atom is -0.465 e. The number of ether oxygens (including phenoxy) is 1. The van der Waals surface area contributed by atoms with Crippen LogP contribution in [-0.4, -0.2) is 45.3 Å². The van der Waals surface area contributed by atoms with Crippen molar-refractivity contribution in [3.05, 3.63) is 63.9 Å². The van der Waals surface area contributed by atoms with Crippen LogP contribution in [0.1, 0.15) is 18.1 Å². The molecule has 0 aliphatic heterocycles. The fourth-order valence-electron chi connectivity index (χ4n) is 3.59. The zero-order valence-electron chi connectivity index (χ0n) is 18.6. The van der Waals surface area contributed by atoms with E-state index in [4.69, 9.17) is 9.72 Å². The van der Waals surface area contributed by atoms with E-state index in [2.05, 4.69) is 10.3 Å². The van der Waals surface area contributed by atoms with E-state index in [9.17, 15) is 14.4 Å². The highest BCUT2D eigenvalue weighted by atomic mass is 32.2. The molecule has 0 saturated heterocycles. The molecule has 0 spiro atoms. The van der Waals surface area contributed by atoms with Crippen LogP contribution in [0.5, 0.6) is 0 Å². The Balaban J connectivity index is 1.77. The summed E-state index contributed by atoms with van der Waals surface area (Å²) in [4.78, 5) is 45.5. The van der Waals surface area contributed by atoms with Crippen LogP contribution in [0.2, 0.25) is 0 Å². The Labute approximate surface area is 194 Å². The van der Waals surface area contributed by atoms with E-state index in [0.717, 1.165) is 33.8 Å². The maximum atomic E-state index is 13.6. The number of benzene rings is 2. The number of esters is 1. The van der Waals surface area contributed by atoms with E-state index >= 15 is 0 Å². The number of hydrogen-bond acceptors (Lipinski definition) is 6. The van der Waals surface area contributed by atoms with Crippen LogP contribution in [0.25, 0.3) is 27.6 Å². The molecule has 0 aliphatic rings. The van der Waals surface area contributed by atoms with Crippen LogP contribution in [0.4, 0.5) is 0 Å². The lowest BCUT2D eigenvalue weighted by Gasteiger charge is -2.15. The van der Waals surface area contributed by atoms with Crippen LogP contribution in [-0.2, 0) is 14.3 Å². The van der Waals surface area contributed by atoms with Gasteiger partial charge in [0.2, 0.25) is 5.91 Å². The number of para-hydroxylation sites is 1. The Morgan fingerprint density at radius 3 is 2.73 bits per heavy atom. The van der Waals surface area contributed by atoms with Crippen molar-refractivity contribution in [2.75, 3.05) is 18.9 Å². The number of aryl methyl sites for hydroxylation is 1. The van der Waals surface area contributed by atoms with Gasteiger partial charge in [-0.3, -0.25) is 19.0 Å². The SMILES string of the molecule is CCOC(=O)CNC(=O)CSc1nc2c([nH]c3ccccc32)c(=O)n1-c1cccc(C)c1C. The zero-order chi connectivity index (χ0) is 23.5. The summed E-state index contributed by atoms with van der Waals surface area (Å²) < 4.78 is 6.38. The number of H-pyrrole nitrogens is 1. The summed E-state index contributed by atoms with van der Waals surface area (Å²) in [5, 5.41) is 3.78. The van der Waals surface area contributed by atoms with Crippen molar-refractivity contribution in [1.29, 1.82) is 0 Å². The van der Waals surface area contributed by atoms with E-state index in [1.54, 1.807) is 11.5 Å². The molecule has 2 aromatic heterocycles. The maximum Gasteiger partial charge on any atom is 0.325 e. The zero-order valence-corrected chi connectivity index (χ0v) is 19.4. The number of amides is 1. The van der Waals surface area contributed by atoms with Gasteiger partial charge < -0.3 is 15.0 Å². The predicted octanol–water partition coefficient (Wildman–Crippen LogP) is 3.26. The summed E-state index contributed by atoms with van der Waals surface area (Å²) in [6.45, 7) is 5.68. The number of fused-ring (bicyclic) bond motifs is 3. The summed E-state index contributed by atoms with van der Waals surface area (Å²) in [7, 11) is 0. The molecule has 2 N–H and O–H groups in total. The van der Waals surface area contributed by atoms with E-state index in [1.807, 2.05) is 56.3 Å². The smallest absolute Gasteiger partial charge is 0.325 e. The molecule has 0 radical (unpaired) electrons. The average Bonchev–Trinajstić information content (AvgIpc) is 3.18. The number of rotatable bonds is 7. The lowest BCUT2D eigenvalue weighted by molar-refractivity contribution is -0.143. The molecule has 0 saturated carbocycles. The third kappa shape index (κ3) is 4.49. The molecule has 0 aliphatic carbocycles. The van der Waals surface area contributed by atoms with Gasteiger partial charge in [-0.2, -0.15) is 0 Å². The quantitative estimate of drug-likeness (QED) is 0.247. The number of nitrogens with one attached hydrogen (secondary N) is 2. The minimum atomic E-state index is -0.499. The first-order valence-corrected chi connectivity index (χ1v) is 11.5. The normalized spacial score (nSPS) is 11.1. The van der Waals surface area contributed by atoms with Gasteiger partial charge in [0, 0.05) is 10.9 Å². The van der Waals surface area contributed by atoms with Gasteiger partial charge in [0.05, 0.1) is 18.0 Å². The predicted molar refractivity (Wildman–Crippen MR) is 129 cm³/mol. The topological polar surface area (TPSA) is 106 Å². The van der Waals surface area contributed by atoms with Crippen LogP contribution < -0.4 is 10.9 Å². The molecule has 0 fully saturated rings. The second kappa shape index (κ2) is 9.50. The molecule has 2 aromatic carbocycles. The van der Waals surface area contributed by atoms with Crippen molar-refractivity contribution in [1.82, 2.24) is 19.9 Å². The lowest BCUT2D eigenvalue weighted by atomic mass is 10.1. The standard InChI is InChI=1S/C24H24N4O4S/c1-4-32-20(30)12-25-19(29)13-33-24-27-21-16-9-5-6-10-17(16)26-22(21)23(31)28(24)18-11-7-8-14(2)15(18)3/h5-11,26H,4,12-13H2,1-3H3,(H,25,29). The van der Waals surface area contributed by atoms with Gasteiger partial charge in [0.1, 0.15) is 17.6 Å². The van der Waals surface area contributed by atoms with Gasteiger partial charge in [-0.15, -0.1) is 0 Å². The molecule has 9 heteroatoms. The Kier molecular flexibility index (Phi) is 6.50. The average molecular weight is 465 g/mol. The second-order valence-corrected chi connectivity index (χ2v) is 8.46. The fourth-order valence-corrected chi connectivity index (χ4v) is 4.42. The van der Waals surface area contributed by atoms with Gasteiger partial charge in [-0.25, -0.2) is 4.98 Å². The van der Waals surface area contributed by atoms with E-state index in [0.29, 0.717) is 21.9 Å². The molecule has 8 nitrogen and oxygen atoms in total. The third-order valence-corrected chi connectivity index (χ3v) is 6.32. The molecule has 170 valence electrons. The van der Waals surface area contributed by atoms with Crippen molar-refractivity contribution >= 4 is 45.6 Å². The minimum absolute atomic E-state index is 0.00935.